The first kappa shape index (κ1) is 10.9. The van der Waals surface area contributed by atoms with Gasteiger partial charge in [0.1, 0.15) is 5.51 Å². The van der Waals surface area contributed by atoms with E-state index in [2.05, 4.69) is 10.2 Å². The van der Waals surface area contributed by atoms with Crippen molar-refractivity contribution in [3.63, 3.8) is 0 Å². The van der Waals surface area contributed by atoms with Gasteiger partial charge in [0.2, 0.25) is 0 Å². The summed E-state index contributed by atoms with van der Waals surface area (Å²) in [6, 6.07) is 0. The largest absolute Gasteiger partial charge is 0.390 e. The van der Waals surface area contributed by atoms with Crippen molar-refractivity contribution < 1.29 is 9.84 Å². The number of thioether (sulfide) groups is 1. The molecule has 0 aromatic carbocycles. The average Bonchev–Trinajstić information content (AvgIpc) is 2.64. The Hall–Kier alpha value is -0.170. The SMILES string of the molecule is CCOCC(O)CSc1nncs1. The summed E-state index contributed by atoms with van der Waals surface area (Å²) in [5, 5.41) is 16.9. The van der Waals surface area contributed by atoms with Crippen molar-refractivity contribution in [1.82, 2.24) is 10.2 Å². The minimum Gasteiger partial charge on any atom is -0.390 e. The highest BCUT2D eigenvalue weighted by molar-refractivity contribution is 8.01. The molecule has 13 heavy (non-hydrogen) atoms. The topological polar surface area (TPSA) is 55.2 Å². The lowest BCUT2D eigenvalue weighted by atomic mass is 10.4. The molecule has 0 radical (unpaired) electrons. The third kappa shape index (κ3) is 4.56. The van der Waals surface area contributed by atoms with Gasteiger partial charge in [-0.3, -0.25) is 0 Å². The summed E-state index contributed by atoms with van der Waals surface area (Å²) >= 11 is 2.98. The zero-order valence-electron chi connectivity index (χ0n) is 7.34. The van der Waals surface area contributed by atoms with Crippen molar-refractivity contribution >= 4 is 23.1 Å². The molecular weight excluding hydrogens is 208 g/mol. The molecule has 1 rings (SSSR count). The Morgan fingerprint density at radius 3 is 3.23 bits per heavy atom. The predicted octanol–water partition coefficient (Wildman–Crippen LogP) is 1.03. The summed E-state index contributed by atoms with van der Waals surface area (Å²) in [5.74, 6) is 0.606. The molecule has 4 nitrogen and oxygen atoms in total. The van der Waals surface area contributed by atoms with Crippen LogP contribution in [-0.2, 0) is 4.74 Å². The van der Waals surface area contributed by atoms with Crippen molar-refractivity contribution in [2.75, 3.05) is 19.0 Å². The molecule has 1 atom stereocenters. The normalized spacial score (nSPS) is 13.1. The zero-order valence-corrected chi connectivity index (χ0v) is 8.98. The number of ether oxygens (including phenoxy) is 1. The van der Waals surface area contributed by atoms with Crippen LogP contribution in [-0.4, -0.2) is 40.4 Å². The Balaban J connectivity index is 2.11. The number of hydrogen-bond acceptors (Lipinski definition) is 6. The summed E-state index contributed by atoms with van der Waals surface area (Å²) in [5.41, 5.74) is 1.68. The van der Waals surface area contributed by atoms with Crippen molar-refractivity contribution in [2.45, 2.75) is 17.4 Å². The molecule has 0 saturated heterocycles. The monoisotopic (exact) mass is 220 g/mol. The van der Waals surface area contributed by atoms with Crippen LogP contribution in [0.4, 0.5) is 0 Å². The Kier molecular flexibility index (Phi) is 5.29. The molecular formula is C7H12N2O2S2. The average molecular weight is 220 g/mol. The first-order valence-electron chi connectivity index (χ1n) is 3.97. The van der Waals surface area contributed by atoms with Gasteiger partial charge in [-0.25, -0.2) is 0 Å². The van der Waals surface area contributed by atoms with Crippen LogP contribution in [0, 0.1) is 0 Å². The van der Waals surface area contributed by atoms with Crippen molar-refractivity contribution in [2.24, 2.45) is 0 Å². The number of rotatable bonds is 6. The number of aliphatic hydroxyl groups is 1. The summed E-state index contributed by atoms with van der Waals surface area (Å²) in [6.45, 7) is 2.94. The van der Waals surface area contributed by atoms with Gasteiger partial charge in [0.05, 0.1) is 12.7 Å². The molecule has 1 unspecified atom stereocenters. The molecule has 0 aliphatic heterocycles. The van der Waals surface area contributed by atoms with E-state index in [1.807, 2.05) is 6.92 Å². The molecule has 74 valence electrons. The Morgan fingerprint density at radius 1 is 1.77 bits per heavy atom. The zero-order chi connectivity index (χ0) is 9.52. The first-order valence-corrected chi connectivity index (χ1v) is 5.84. The van der Waals surface area contributed by atoms with Gasteiger partial charge in [-0.05, 0) is 6.92 Å². The first-order chi connectivity index (χ1) is 6.33. The molecule has 1 aromatic rings. The van der Waals surface area contributed by atoms with Crippen LogP contribution in [0.5, 0.6) is 0 Å². The second kappa shape index (κ2) is 6.31. The van der Waals surface area contributed by atoms with Crippen LogP contribution in [0.25, 0.3) is 0 Å². The number of aliphatic hydroxyl groups excluding tert-OH is 1. The maximum atomic E-state index is 9.39. The highest BCUT2D eigenvalue weighted by atomic mass is 32.2. The van der Waals surface area contributed by atoms with Crippen LogP contribution >= 0.6 is 23.1 Å². The summed E-state index contributed by atoms with van der Waals surface area (Å²) in [4.78, 5) is 0. The molecule has 0 bridgehead atoms. The third-order valence-electron chi connectivity index (χ3n) is 1.25. The van der Waals surface area contributed by atoms with E-state index in [9.17, 15) is 5.11 Å². The quantitative estimate of drug-likeness (QED) is 0.726. The molecule has 0 amide bonds. The lowest BCUT2D eigenvalue weighted by Gasteiger charge is -2.07. The summed E-state index contributed by atoms with van der Waals surface area (Å²) < 4.78 is 5.95. The van der Waals surface area contributed by atoms with Crippen LogP contribution in [0.3, 0.4) is 0 Å². The van der Waals surface area contributed by atoms with Crippen molar-refractivity contribution in [1.29, 1.82) is 0 Å². The van der Waals surface area contributed by atoms with Gasteiger partial charge in [0, 0.05) is 12.4 Å². The van der Waals surface area contributed by atoms with Crippen molar-refractivity contribution in [3.8, 4) is 0 Å². The predicted molar refractivity (Wildman–Crippen MR) is 53.1 cm³/mol. The van der Waals surface area contributed by atoms with E-state index in [1.54, 1.807) is 5.51 Å². The Morgan fingerprint density at radius 2 is 2.62 bits per heavy atom. The lowest BCUT2D eigenvalue weighted by Crippen LogP contribution is -2.17. The molecule has 1 N–H and O–H groups in total. The fourth-order valence-electron chi connectivity index (χ4n) is 0.695. The maximum Gasteiger partial charge on any atom is 0.174 e. The van der Waals surface area contributed by atoms with E-state index in [0.29, 0.717) is 19.0 Å². The van der Waals surface area contributed by atoms with Gasteiger partial charge in [-0.15, -0.1) is 10.2 Å². The fraction of sp³-hybridized carbons (Fsp3) is 0.714. The molecule has 1 aromatic heterocycles. The van der Waals surface area contributed by atoms with Gasteiger partial charge in [0.25, 0.3) is 0 Å². The van der Waals surface area contributed by atoms with Crippen molar-refractivity contribution in [3.05, 3.63) is 5.51 Å². The molecule has 0 fully saturated rings. The lowest BCUT2D eigenvalue weighted by molar-refractivity contribution is 0.0551. The molecule has 0 saturated carbocycles. The van der Waals surface area contributed by atoms with Gasteiger partial charge in [0.15, 0.2) is 4.34 Å². The van der Waals surface area contributed by atoms with Crippen LogP contribution in [0.2, 0.25) is 0 Å². The molecule has 0 aliphatic carbocycles. The number of nitrogens with zero attached hydrogens (tertiary/aromatic N) is 2. The third-order valence-corrected chi connectivity index (χ3v) is 3.26. The van der Waals surface area contributed by atoms with E-state index in [1.165, 1.54) is 23.1 Å². The molecule has 0 spiro atoms. The van der Waals surface area contributed by atoms with Gasteiger partial charge in [-0.1, -0.05) is 23.1 Å². The minimum atomic E-state index is -0.422. The number of hydrogen-bond donors (Lipinski definition) is 1. The summed E-state index contributed by atoms with van der Waals surface area (Å²) in [7, 11) is 0. The van der Waals surface area contributed by atoms with Crippen LogP contribution in [0.15, 0.2) is 9.85 Å². The molecule has 6 heteroatoms. The smallest absolute Gasteiger partial charge is 0.174 e. The Labute approximate surface area is 85.3 Å². The highest BCUT2D eigenvalue weighted by Gasteiger charge is 2.06. The van der Waals surface area contributed by atoms with E-state index in [4.69, 9.17) is 4.74 Å². The second-order valence-electron chi connectivity index (χ2n) is 2.33. The van der Waals surface area contributed by atoms with E-state index >= 15 is 0 Å². The minimum absolute atomic E-state index is 0.391. The fourth-order valence-corrected chi connectivity index (χ4v) is 2.12. The van der Waals surface area contributed by atoms with Gasteiger partial charge < -0.3 is 9.84 Å². The highest BCUT2D eigenvalue weighted by Crippen LogP contribution is 2.19. The second-order valence-corrected chi connectivity index (χ2v) is 4.43. The Bertz CT molecular complexity index is 218. The molecule has 0 aliphatic rings. The van der Waals surface area contributed by atoms with Gasteiger partial charge in [-0.2, -0.15) is 0 Å². The van der Waals surface area contributed by atoms with E-state index in [0.717, 1.165) is 4.34 Å². The summed E-state index contributed by atoms with van der Waals surface area (Å²) in [6.07, 6.45) is -0.422. The van der Waals surface area contributed by atoms with Crippen LogP contribution in [0.1, 0.15) is 6.92 Å². The maximum absolute atomic E-state index is 9.39. The molecule has 1 heterocycles. The van der Waals surface area contributed by atoms with E-state index < -0.39 is 6.10 Å². The van der Waals surface area contributed by atoms with E-state index in [-0.39, 0.29) is 0 Å². The number of aromatic nitrogens is 2. The standard InChI is InChI=1S/C7H12N2O2S2/c1-2-11-3-6(10)4-12-7-9-8-5-13-7/h5-6,10H,2-4H2,1H3. The van der Waals surface area contributed by atoms with Gasteiger partial charge >= 0.3 is 0 Å². The van der Waals surface area contributed by atoms with Crippen LogP contribution < -0.4 is 0 Å².